The largest absolute Gasteiger partial charge is 0.368 e. The second-order valence-corrected chi connectivity index (χ2v) is 9.75. The van der Waals surface area contributed by atoms with Crippen molar-refractivity contribution in [1.29, 1.82) is 0 Å². The molecule has 2 aliphatic carbocycles. The monoisotopic (exact) mass is 454 g/mol. The molecular formula is C26H26N6O2. The first kappa shape index (κ1) is 20.8. The average Bonchev–Trinajstić information content (AvgIpc) is 3.77. The highest BCUT2D eigenvalue weighted by Gasteiger charge is 2.52. The van der Waals surface area contributed by atoms with Crippen molar-refractivity contribution in [1.82, 2.24) is 19.9 Å². The first-order valence-corrected chi connectivity index (χ1v) is 11.7. The minimum atomic E-state index is -0.541. The van der Waals surface area contributed by atoms with Crippen LogP contribution in [0.2, 0.25) is 0 Å². The molecule has 1 aromatic carbocycles. The fourth-order valence-corrected chi connectivity index (χ4v) is 4.96. The van der Waals surface area contributed by atoms with Crippen LogP contribution in [0, 0.1) is 0 Å². The summed E-state index contributed by atoms with van der Waals surface area (Å²) in [4.78, 5) is 41.4. The zero-order valence-electron chi connectivity index (χ0n) is 19.1. The van der Waals surface area contributed by atoms with Crippen LogP contribution in [0.5, 0.6) is 0 Å². The Morgan fingerprint density at radius 3 is 2.56 bits per heavy atom. The number of rotatable bonds is 6. The lowest BCUT2D eigenvalue weighted by atomic mass is 9.97. The topological polar surface area (TPSA) is 105 Å². The quantitative estimate of drug-likeness (QED) is 0.613. The molecule has 3 heterocycles. The highest BCUT2D eigenvalue weighted by Crippen LogP contribution is 2.57. The Morgan fingerprint density at radius 1 is 1.12 bits per heavy atom. The van der Waals surface area contributed by atoms with Gasteiger partial charge in [0, 0.05) is 54.4 Å². The molecule has 34 heavy (non-hydrogen) atoms. The van der Waals surface area contributed by atoms with Gasteiger partial charge in [-0.15, -0.1) is 0 Å². The minimum Gasteiger partial charge on any atom is -0.368 e. The Bertz CT molecular complexity index is 1300. The number of benzene rings is 1. The minimum absolute atomic E-state index is 0.109. The van der Waals surface area contributed by atoms with Gasteiger partial charge in [0.2, 0.25) is 11.9 Å². The van der Waals surface area contributed by atoms with Crippen molar-refractivity contribution in [2.75, 3.05) is 25.0 Å². The van der Waals surface area contributed by atoms with E-state index < -0.39 is 5.91 Å². The van der Waals surface area contributed by atoms with Gasteiger partial charge in [-0.05, 0) is 67.0 Å². The van der Waals surface area contributed by atoms with E-state index in [0.717, 1.165) is 36.3 Å². The molecule has 3 aromatic rings. The van der Waals surface area contributed by atoms with Gasteiger partial charge in [0.15, 0.2) is 0 Å². The fraction of sp³-hybridized carbons (Fsp3) is 0.346. The molecule has 6 rings (SSSR count). The van der Waals surface area contributed by atoms with Gasteiger partial charge in [0.1, 0.15) is 0 Å². The van der Waals surface area contributed by atoms with E-state index in [9.17, 15) is 9.59 Å². The number of anilines is 2. The van der Waals surface area contributed by atoms with Crippen LogP contribution in [-0.4, -0.2) is 51.8 Å². The molecule has 1 spiro atoms. The van der Waals surface area contributed by atoms with Gasteiger partial charge in [0.25, 0.3) is 5.91 Å². The van der Waals surface area contributed by atoms with Crippen molar-refractivity contribution in [3.05, 3.63) is 65.6 Å². The number of nitrogens with zero attached hydrogens (tertiary/aromatic N) is 5. The number of aromatic nitrogens is 3. The number of fused-ring (bicyclic) bond motifs is 2. The first-order chi connectivity index (χ1) is 16.4. The summed E-state index contributed by atoms with van der Waals surface area (Å²) in [7, 11) is 1.58. The number of likely N-dealkylation sites (N-methyl/N-ethyl adjacent to an activating group) is 1. The molecule has 172 valence electrons. The third-order valence-corrected chi connectivity index (χ3v) is 7.17. The number of nitrogens with two attached hydrogens (primary N) is 1. The van der Waals surface area contributed by atoms with Gasteiger partial charge < -0.3 is 15.5 Å². The van der Waals surface area contributed by atoms with Crippen LogP contribution in [0.4, 0.5) is 11.6 Å². The number of carbonyl (C=O) groups is 2. The fourth-order valence-electron chi connectivity index (χ4n) is 4.96. The van der Waals surface area contributed by atoms with Crippen molar-refractivity contribution in [3.8, 4) is 11.3 Å². The summed E-state index contributed by atoms with van der Waals surface area (Å²) in [5.41, 5.74) is 11.2. The molecule has 0 saturated heterocycles. The SMILES string of the molecule is CN(CC(N)=O)C(=O)c1ccc2c(c1)N(c1ncc(-c3cc(C4CC4)ccn3)cn1)CC21CC1. The predicted octanol–water partition coefficient (Wildman–Crippen LogP) is 3.16. The molecular weight excluding hydrogens is 428 g/mol. The maximum Gasteiger partial charge on any atom is 0.254 e. The summed E-state index contributed by atoms with van der Waals surface area (Å²) >= 11 is 0. The van der Waals surface area contributed by atoms with Gasteiger partial charge in [0.05, 0.1) is 12.2 Å². The van der Waals surface area contributed by atoms with Gasteiger partial charge in [-0.25, -0.2) is 9.97 Å². The zero-order valence-corrected chi connectivity index (χ0v) is 19.1. The summed E-state index contributed by atoms with van der Waals surface area (Å²) in [5, 5.41) is 0. The van der Waals surface area contributed by atoms with E-state index in [0.29, 0.717) is 17.4 Å². The second kappa shape index (κ2) is 7.62. The van der Waals surface area contributed by atoms with Gasteiger partial charge in [-0.2, -0.15) is 0 Å². The third-order valence-electron chi connectivity index (χ3n) is 7.17. The van der Waals surface area contributed by atoms with E-state index in [1.54, 1.807) is 7.05 Å². The zero-order chi connectivity index (χ0) is 23.4. The third kappa shape index (κ3) is 3.59. The Balaban J connectivity index is 1.30. The van der Waals surface area contributed by atoms with Crippen LogP contribution in [0.25, 0.3) is 11.3 Å². The summed E-state index contributed by atoms with van der Waals surface area (Å²) in [5.74, 6) is 0.497. The van der Waals surface area contributed by atoms with Crippen LogP contribution < -0.4 is 10.6 Å². The molecule has 2 saturated carbocycles. The molecule has 0 unspecified atom stereocenters. The molecule has 3 aliphatic rings. The van der Waals surface area contributed by atoms with Crippen molar-refractivity contribution in [3.63, 3.8) is 0 Å². The van der Waals surface area contributed by atoms with Crippen LogP contribution in [0.3, 0.4) is 0 Å². The van der Waals surface area contributed by atoms with Crippen molar-refractivity contribution >= 4 is 23.5 Å². The van der Waals surface area contributed by atoms with E-state index in [-0.39, 0.29) is 17.9 Å². The Hall–Kier alpha value is -3.81. The number of pyridine rings is 1. The maximum absolute atomic E-state index is 12.8. The summed E-state index contributed by atoms with van der Waals surface area (Å²) in [6.45, 7) is 0.677. The van der Waals surface area contributed by atoms with Crippen LogP contribution in [-0.2, 0) is 10.2 Å². The molecule has 0 radical (unpaired) electrons. The second-order valence-electron chi connectivity index (χ2n) is 9.75. The van der Waals surface area contributed by atoms with Crippen LogP contribution in [0.15, 0.2) is 48.9 Å². The number of carbonyl (C=O) groups excluding carboxylic acids is 2. The van der Waals surface area contributed by atoms with Gasteiger partial charge in [-0.1, -0.05) is 6.07 Å². The Labute approximate surface area is 197 Å². The highest BCUT2D eigenvalue weighted by molar-refractivity contribution is 5.97. The standard InChI is InChI=1S/C26H26N6O2/c1-31(14-23(27)33)24(34)18-4-5-20-22(11-18)32(15-26(20)7-8-26)25-29-12-19(13-30-25)21-10-17(6-9-28-21)16-2-3-16/h4-6,9-13,16H,2-3,7-8,14-15H2,1H3,(H2,27,33). The highest BCUT2D eigenvalue weighted by atomic mass is 16.2. The Morgan fingerprint density at radius 2 is 1.88 bits per heavy atom. The average molecular weight is 455 g/mol. The molecule has 8 nitrogen and oxygen atoms in total. The number of primary amides is 1. The molecule has 1 aliphatic heterocycles. The molecule has 0 atom stereocenters. The van der Waals surface area contributed by atoms with Crippen molar-refractivity contribution in [2.24, 2.45) is 5.73 Å². The van der Waals surface area contributed by atoms with Crippen LogP contribution >= 0.6 is 0 Å². The predicted molar refractivity (Wildman–Crippen MR) is 128 cm³/mol. The van der Waals surface area contributed by atoms with Crippen molar-refractivity contribution in [2.45, 2.75) is 37.0 Å². The Kier molecular flexibility index (Phi) is 4.65. The number of hydrogen-bond acceptors (Lipinski definition) is 6. The van der Waals surface area contributed by atoms with Crippen molar-refractivity contribution < 1.29 is 9.59 Å². The smallest absolute Gasteiger partial charge is 0.254 e. The normalized spacial score (nSPS) is 17.5. The van der Waals surface area contributed by atoms with E-state index in [1.165, 1.54) is 28.9 Å². The van der Waals surface area contributed by atoms with E-state index in [2.05, 4.69) is 32.0 Å². The lowest BCUT2D eigenvalue weighted by molar-refractivity contribution is -0.118. The summed E-state index contributed by atoms with van der Waals surface area (Å²) < 4.78 is 0. The first-order valence-electron chi connectivity index (χ1n) is 11.7. The lowest BCUT2D eigenvalue weighted by Crippen LogP contribution is -2.35. The van der Waals surface area contributed by atoms with Gasteiger partial charge in [-0.3, -0.25) is 14.6 Å². The molecule has 2 fully saturated rings. The van der Waals surface area contributed by atoms with Crippen LogP contribution in [0.1, 0.15) is 53.1 Å². The van der Waals surface area contributed by atoms with E-state index >= 15 is 0 Å². The molecule has 2 N–H and O–H groups in total. The van der Waals surface area contributed by atoms with E-state index in [4.69, 9.17) is 5.73 Å². The molecule has 0 bridgehead atoms. The lowest BCUT2D eigenvalue weighted by Gasteiger charge is -2.19. The molecule has 8 heteroatoms. The maximum atomic E-state index is 12.8. The molecule has 2 aromatic heterocycles. The van der Waals surface area contributed by atoms with E-state index in [1.807, 2.05) is 36.8 Å². The summed E-state index contributed by atoms with van der Waals surface area (Å²) in [6, 6.07) is 9.99. The van der Waals surface area contributed by atoms with Gasteiger partial charge >= 0.3 is 0 Å². The molecule has 2 amide bonds. The summed E-state index contributed by atoms with van der Waals surface area (Å²) in [6.07, 6.45) is 10.2. The number of amides is 2. The number of hydrogen-bond donors (Lipinski definition) is 1.